The quantitative estimate of drug-likeness (QED) is 0.509. The number of nitrogens with zero attached hydrogens (tertiary/aromatic N) is 5. The highest BCUT2D eigenvalue weighted by Crippen LogP contribution is 2.60. The Labute approximate surface area is 213 Å². The lowest BCUT2D eigenvalue weighted by molar-refractivity contribution is -0.146. The number of unbranched alkanes of at least 4 members (excludes halogenated alkanes) is 1. The standard InChI is InChI=1S/C29H38N6O/c36-27(29-18-21-15-22(19-29)17-23(16-21)20-29)30-8-3-4-9-33-11-13-34(14-12-33)26-7-10-35-25-6-2-1-5-24(25)31-28(35)32-26/h1-2,5-7,10,21-23H,3-4,8-9,11-20H2,(H,30,36). The number of piperazine rings is 1. The van der Waals surface area contributed by atoms with Crippen molar-refractivity contribution in [2.24, 2.45) is 23.2 Å². The highest BCUT2D eigenvalue weighted by molar-refractivity contribution is 5.83. The molecular weight excluding hydrogens is 448 g/mol. The number of imidazole rings is 1. The van der Waals surface area contributed by atoms with Gasteiger partial charge in [0.05, 0.1) is 11.0 Å². The number of benzene rings is 1. The minimum Gasteiger partial charge on any atom is -0.356 e. The summed E-state index contributed by atoms with van der Waals surface area (Å²) in [5.74, 6) is 4.66. The van der Waals surface area contributed by atoms with Crippen molar-refractivity contribution < 1.29 is 4.79 Å². The van der Waals surface area contributed by atoms with Crippen LogP contribution in [-0.2, 0) is 4.79 Å². The van der Waals surface area contributed by atoms with Crippen molar-refractivity contribution >= 4 is 28.5 Å². The maximum absolute atomic E-state index is 13.1. The summed E-state index contributed by atoms with van der Waals surface area (Å²) in [5, 5.41) is 3.35. The second kappa shape index (κ2) is 9.02. The van der Waals surface area contributed by atoms with Crippen molar-refractivity contribution in [2.45, 2.75) is 51.4 Å². The summed E-state index contributed by atoms with van der Waals surface area (Å²) in [6.45, 7) is 6.05. The molecule has 5 fully saturated rings. The normalized spacial score (nSPS) is 29.9. The lowest BCUT2D eigenvalue weighted by Crippen LogP contribution is -2.53. The summed E-state index contributed by atoms with van der Waals surface area (Å²) in [7, 11) is 0. The minimum absolute atomic E-state index is 0.00868. The maximum Gasteiger partial charge on any atom is 0.236 e. The smallest absolute Gasteiger partial charge is 0.236 e. The predicted octanol–water partition coefficient (Wildman–Crippen LogP) is 4.12. The second-order valence-corrected chi connectivity index (χ2v) is 12.0. The molecule has 5 aliphatic rings. The first kappa shape index (κ1) is 22.5. The third-order valence-electron chi connectivity index (χ3n) is 9.57. The van der Waals surface area contributed by atoms with Gasteiger partial charge in [-0.25, -0.2) is 4.98 Å². The van der Waals surface area contributed by atoms with Crippen molar-refractivity contribution in [3.63, 3.8) is 0 Å². The molecule has 0 unspecified atom stereocenters. The summed E-state index contributed by atoms with van der Waals surface area (Å²) < 4.78 is 2.07. The topological polar surface area (TPSA) is 65.8 Å². The molecule has 3 heterocycles. The molecule has 7 heteroatoms. The van der Waals surface area contributed by atoms with E-state index in [2.05, 4.69) is 37.8 Å². The molecule has 4 aliphatic carbocycles. The molecule has 0 atom stereocenters. The Hall–Kier alpha value is -2.67. The molecule has 4 bridgehead atoms. The molecule has 1 saturated heterocycles. The number of hydrogen-bond donors (Lipinski definition) is 1. The SMILES string of the molecule is O=C(NCCCCN1CCN(c2ccn3c(n2)nc2ccccc23)CC1)C12CC3CC(CC(C3)C1)C2. The molecule has 0 radical (unpaired) electrons. The van der Waals surface area contributed by atoms with Gasteiger partial charge in [0.15, 0.2) is 0 Å². The van der Waals surface area contributed by atoms with Crippen molar-refractivity contribution in [3.8, 4) is 0 Å². The Morgan fingerprint density at radius 2 is 1.64 bits per heavy atom. The summed E-state index contributed by atoms with van der Waals surface area (Å²) in [6, 6.07) is 10.3. The van der Waals surface area contributed by atoms with Gasteiger partial charge < -0.3 is 10.2 Å². The van der Waals surface area contributed by atoms with E-state index in [1.165, 1.54) is 19.3 Å². The van der Waals surface area contributed by atoms with Gasteiger partial charge in [-0.05, 0) is 93.9 Å². The van der Waals surface area contributed by atoms with E-state index in [4.69, 9.17) is 9.97 Å². The number of hydrogen-bond acceptors (Lipinski definition) is 5. The van der Waals surface area contributed by atoms with Crippen molar-refractivity contribution in [1.82, 2.24) is 24.6 Å². The predicted molar refractivity (Wildman–Crippen MR) is 142 cm³/mol. The average Bonchev–Trinajstić information content (AvgIpc) is 3.26. The van der Waals surface area contributed by atoms with E-state index >= 15 is 0 Å². The fourth-order valence-corrected chi connectivity index (χ4v) is 8.15. The minimum atomic E-state index is -0.00868. The summed E-state index contributed by atoms with van der Waals surface area (Å²) in [6.07, 6.45) is 12.0. The van der Waals surface area contributed by atoms with E-state index in [1.54, 1.807) is 0 Å². The Bertz CT molecular complexity index is 1220. The van der Waals surface area contributed by atoms with Crippen LogP contribution in [0.2, 0.25) is 0 Å². The van der Waals surface area contributed by atoms with Crippen LogP contribution in [0.3, 0.4) is 0 Å². The molecule has 1 amide bonds. The summed E-state index contributed by atoms with van der Waals surface area (Å²) in [5.41, 5.74) is 2.08. The van der Waals surface area contributed by atoms with Gasteiger partial charge in [-0.1, -0.05) is 12.1 Å². The number of fused-ring (bicyclic) bond motifs is 3. The Morgan fingerprint density at radius 3 is 2.39 bits per heavy atom. The number of nitrogens with one attached hydrogen (secondary N) is 1. The lowest BCUT2D eigenvalue weighted by Gasteiger charge is -2.55. The average molecular weight is 487 g/mol. The molecule has 1 aliphatic heterocycles. The van der Waals surface area contributed by atoms with Crippen LogP contribution in [-0.4, -0.2) is 64.4 Å². The Morgan fingerprint density at radius 1 is 0.917 bits per heavy atom. The van der Waals surface area contributed by atoms with Gasteiger partial charge in [0.25, 0.3) is 0 Å². The van der Waals surface area contributed by atoms with Gasteiger partial charge in [-0.15, -0.1) is 0 Å². The summed E-state index contributed by atoms with van der Waals surface area (Å²) >= 11 is 0. The zero-order valence-electron chi connectivity index (χ0n) is 21.2. The van der Waals surface area contributed by atoms with Crippen LogP contribution in [0.5, 0.6) is 0 Å². The van der Waals surface area contributed by atoms with Crippen LogP contribution < -0.4 is 10.2 Å². The Kier molecular flexibility index (Phi) is 5.64. The van der Waals surface area contributed by atoms with E-state index in [9.17, 15) is 4.79 Å². The number of anilines is 1. The van der Waals surface area contributed by atoms with Gasteiger partial charge in [0.1, 0.15) is 5.82 Å². The second-order valence-electron chi connectivity index (χ2n) is 12.0. The van der Waals surface area contributed by atoms with E-state index < -0.39 is 0 Å². The monoisotopic (exact) mass is 486 g/mol. The van der Waals surface area contributed by atoms with Gasteiger partial charge >= 0.3 is 0 Å². The van der Waals surface area contributed by atoms with Crippen molar-refractivity contribution in [2.75, 3.05) is 44.2 Å². The summed E-state index contributed by atoms with van der Waals surface area (Å²) in [4.78, 5) is 27.6. The molecule has 8 rings (SSSR count). The van der Waals surface area contributed by atoms with E-state index in [0.717, 1.165) is 112 Å². The fourth-order valence-electron chi connectivity index (χ4n) is 8.15. The number of carbonyl (C=O) groups excluding carboxylic acids is 1. The van der Waals surface area contributed by atoms with Crippen molar-refractivity contribution in [1.29, 1.82) is 0 Å². The van der Waals surface area contributed by atoms with E-state index in [1.807, 2.05) is 18.2 Å². The number of amides is 1. The van der Waals surface area contributed by atoms with Crippen LogP contribution in [0.4, 0.5) is 5.82 Å². The van der Waals surface area contributed by atoms with Gasteiger partial charge in [-0.2, -0.15) is 4.98 Å². The highest BCUT2D eigenvalue weighted by atomic mass is 16.2. The van der Waals surface area contributed by atoms with E-state index in [-0.39, 0.29) is 5.41 Å². The van der Waals surface area contributed by atoms with E-state index in [0.29, 0.717) is 5.91 Å². The number of para-hydroxylation sites is 2. The molecule has 1 aromatic carbocycles. The van der Waals surface area contributed by atoms with Gasteiger partial charge in [0.2, 0.25) is 11.7 Å². The zero-order valence-corrected chi connectivity index (χ0v) is 21.2. The first-order valence-corrected chi connectivity index (χ1v) is 14.1. The first-order chi connectivity index (χ1) is 17.6. The van der Waals surface area contributed by atoms with Crippen LogP contribution in [0, 0.1) is 23.2 Å². The highest BCUT2D eigenvalue weighted by Gasteiger charge is 2.54. The van der Waals surface area contributed by atoms with Crippen LogP contribution in [0.15, 0.2) is 36.5 Å². The molecule has 4 saturated carbocycles. The van der Waals surface area contributed by atoms with Crippen LogP contribution >= 0.6 is 0 Å². The molecule has 1 N–H and O–H groups in total. The number of carbonyl (C=O) groups is 1. The third-order valence-corrected chi connectivity index (χ3v) is 9.57. The molecule has 190 valence electrons. The molecule has 0 spiro atoms. The van der Waals surface area contributed by atoms with Gasteiger partial charge in [-0.3, -0.25) is 14.1 Å². The number of rotatable bonds is 7. The number of aromatic nitrogens is 3. The maximum atomic E-state index is 13.1. The van der Waals surface area contributed by atoms with Crippen molar-refractivity contribution in [3.05, 3.63) is 36.5 Å². The molecule has 3 aromatic rings. The third kappa shape index (κ3) is 4.05. The van der Waals surface area contributed by atoms with Gasteiger partial charge in [0, 0.05) is 44.3 Å². The molecular formula is C29H38N6O. The molecule has 36 heavy (non-hydrogen) atoms. The lowest BCUT2D eigenvalue weighted by atomic mass is 9.49. The Balaban J connectivity index is 0.858. The van der Waals surface area contributed by atoms with Crippen LogP contribution in [0.1, 0.15) is 51.4 Å². The first-order valence-electron chi connectivity index (χ1n) is 14.1. The fraction of sp³-hybridized carbons (Fsp3) is 0.621. The largest absolute Gasteiger partial charge is 0.356 e. The molecule has 7 nitrogen and oxygen atoms in total. The van der Waals surface area contributed by atoms with Crippen LogP contribution in [0.25, 0.3) is 16.8 Å². The zero-order chi connectivity index (χ0) is 24.1. The molecule has 2 aromatic heterocycles.